The molecule has 0 radical (unpaired) electrons. The first-order valence-electron chi connectivity index (χ1n) is 7.07. The molecule has 0 aliphatic carbocycles. The Hall–Kier alpha value is -2.55. The van der Waals surface area contributed by atoms with Crippen molar-refractivity contribution < 1.29 is 22.8 Å². The highest BCUT2D eigenvalue weighted by molar-refractivity contribution is 8.00. The molecular formula is C16H14F3N3O2S. The summed E-state index contributed by atoms with van der Waals surface area (Å²) in [7, 11) is 0. The number of nitrogens with one attached hydrogen (secondary N) is 1. The lowest BCUT2D eigenvalue weighted by Crippen LogP contribution is -2.22. The summed E-state index contributed by atoms with van der Waals surface area (Å²) in [5.41, 5.74) is 5.07. The number of nitrogens with zero attached hydrogens (tertiary/aromatic N) is 1. The van der Waals surface area contributed by atoms with Gasteiger partial charge in [0, 0.05) is 17.4 Å². The monoisotopic (exact) mass is 369 g/mol. The summed E-state index contributed by atoms with van der Waals surface area (Å²) < 4.78 is 37.5. The van der Waals surface area contributed by atoms with Crippen LogP contribution in [-0.2, 0) is 11.0 Å². The van der Waals surface area contributed by atoms with Crippen molar-refractivity contribution in [2.75, 3.05) is 5.32 Å². The van der Waals surface area contributed by atoms with Gasteiger partial charge >= 0.3 is 6.18 Å². The van der Waals surface area contributed by atoms with Gasteiger partial charge in [-0.25, -0.2) is 4.98 Å². The van der Waals surface area contributed by atoms with Gasteiger partial charge in [-0.05, 0) is 43.3 Å². The van der Waals surface area contributed by atoms with Gasteiger partial charge in [0.25, 0.3) is 0 Å². The van der Waals surface area contributed by atoms with E-state index in [4.69, 9.17) is 5.73 Å². The lowest BCUT2D eigenvalue weighted by Gasteiger charge is -2.12. The van der Waals surface area contributed by atoms with Crippen LogP contribution in [0.4, 0.5) is 18.9 Å². The summed E-state index contributed by atoms with van der Waals surface area (Å²) >= 11 is 1.03. The highest BCUT2D eigenvalue weighted by atomic mass is 32.2. The molecule has 9 heteroatoms. The SMILES string of the molecule is CC(Sc1ccc(C(F)(F)F)cn1)C(=O)Nc1ccc(C(N)=O)cc1. The third-order valence-corrected chi connectivity index (χ3v) is 4.22. The number of thioether (sulfide) groups is 1. The predicted octanol–water partition coefficient (Wildman–Crippen LogP) is 3.32. The number of anilines is 1. The minimum Gasteiger partial charge on any atom is -0.366 e. The first kappa shape index (κ1) is 18.8. The quantitative estimate of drug-likeness (QED) is 0.792. The number of nitrogens with two attached hydrogens (primary N) is 1. The van der Waals surface area contributed by atoms with Crippen molar-refractivity contribution in [3.63, 3.8) is 0 Å². The number of hydrogen-bond donors (Lipinski definition) is 2. The second kappa shape index (κ2) is 7.56. The van der Waals surface area contributed by atoms with E-state index < -0.39 is 22.9 Å². The highest BCUT2D eigenvalue weighted by Gasteiger charge is 2.30. The molecule has 3 N–H and O–H groups in total. The molecule has 2 amide bonds. The largest absolute Gasteiger partial charge is 0.417 e. The van der Waals surface area contributed by atoms with Gasteiger partial charge in [-0.1, -0.05) is 11.8 Å². The molecule has 0 aliphatic rings. The van der Waals surface area contributed by atoms with Crippen molar-refractivity contribution in [2.24, 2.45) is 5.73 Å². The number of amides is 2. The van der Waals surface area contributed by atoms with Crippen LogP contribution >= 0.6 is 11.8 Å². The van der Waals surface area contributed by atoms with Crippen LogP contribution in [0.1, 0.15) is 22.8 Å². The molecule has 1 unspecified atom stereocenters. The van der Waals surface area contributed by atoms with Crippen LogP contribution in [0.15, 0.2) is 47.6 Å². The standard InChI is InChI=1S/C16H14F3N3O2S/c1-9(25-13-7-4-11(8-21-13)16(17,18)19)15(24)22-12-5-2-10(3-6-12)14(20)23/h2-9H,1H3,(H2,20,23)(H,22,24). The lowest BCUT2D eigenvalue weighted by molar-refractivity contribution is -0.137. The molecule has 0 bridgehead atoms. The van der Waals surface area contributed by atoms with E-state index in [1.54, 1.807) is 6.92 Å². The van der Waals surface area contributed by atoms with Crippen LogP contribution in [0.25, 0.3) is 0 Å². The Bertz CT molecular complexity index is 762. The molecular weight excluding hydrogens is 355 g/mol. The molecule has 0 aliphatic heterocycles. The first-order valence-corrected chi connectivity index (χ1v) is 7.95. The summed E-state index contributed by atoms with van der Waals surface area (Å²) in [6, 6.07) is 8.17. The van der Waals surface area contributed by atoms with E-state index in [1.165, 1.54) is 30.3 Å². The summed E-state index contributed by atoms with van der Waals surface area (Å²) in [4.78, 5) is 26.8. The Labute approximate surface area is 145 Å². The van der Waals surface area contributed by atoms with Crippen molar-refractivity contribution in [2.45, 2.75) is 23.4 Å². The van der Waals surface area contributed by atoms with Crippen molar-refractivity contribution in [3.05, 3.63) is 53.7 Å². The molecule has 1 aromatic carbocycles. The molecule has 0 saturated carbocycles. The first-order chi connectivity index (χ1) is 11.7. The van der Waals surface area contributed by atoms with Crippen LogP contribution < -0.4 is 11.1 Å². The van der Waals surface area contributed by atoms with Crippen LogP contribution in [0.5, 0.6) is 0 Å². The number of hydrogen-bond acceptors (Lipinski definition) is 4. The fraction of sp³-hybridized carbons (Fsp3) is 0.188. The van der Waals surface area contributed by atoms with Gasteiger partial charge in [-0.15, -0.1) is 0 Å². The third-order valence-electron chi connectivity index (χ3n) is 3.17. The Balaban J connectivity index is 1.96. The second-order valence-electron chi connectivity index (χ2n) is 5.07. The molecule has 132 valence electrons. The summed E-state index contributed by atoms with van der Waals surface area (Å²) in [5.74, 6) is -0.922. The zero-order valence-corrected chi connectivity index (χ0v) is 13.8. The Kier molecular flexibility index (Phi) is 5.68. The number of primary amides is 1. The van der Waals surface area contributed by atoms with Crippen molar-refractivity contribution >= 4 is 29.3 Å². The number of aromatic nitrogens is 1. The van der Waals surface area contributed by atoms with Gasteiger partial charge in [0.1, 0.15) is 0 Å². The number of alkyl halides is 3. The van der Waals surface area contributed by atoms with E-state index in [2.05, 4.69) is 10.3 Å². The van der Waals surface area contributed by atoms with Gasteiger partial charge in [-0.3, -0.25) is 9.59 Å². The minimum absolute atomic E-state index is 0.305. The number of carbonyl (C=O) groups is 2. The summed E-state index contributed by atoms with van der Waals surface area (Å²) in [6.07, 6.45) is -3.72. The van der Waals surface area contributed by atoms with Gasteiger partial charge in [0.05, 0.1) is 15.8 Å². The van der Waals surface area contributed by atoms with Gasteiger partial charge in [0.2, 0.25) is 11.8 Å². The fourth-order valence-corrected chi connectivity index (χ4v) is 2.60. The lowest BCUT2D eigenvalue weighted by atomic mass is 10.2. The van der Waals surface area contributed by atoms with Gasteiger partial charge in [-0.2, -0.15) is 13.2 Å². The van der Waals surface area contributed by atoms with E-state index in [0.29, 0.717) is 16.3 Å². The average Bonchev–Trinajstić information content (AvgIpc) is 2.55. The van der Waals surface area contributed by atoms with Crippen LogP contribution in [0, 0.1) is 0 Å². The van der Waals surface area contributed by atoms with Crippen LogP contribution in [-0.4, -0.2) is 22.0 Å². The maximum Gasteiger partial charge on any atom is 0.417 e. The predicted molar refractivity (Wildman–Crippen MR) is 88.1 cm³/mol. The van der Waals surface area contributed by atoms with E-state index in [9.17, 15) is 22.8 Å². The molecule has 1 aromatic heterocycles. The summed E-state index contributed by atoms with van der Waals surface area (Å²) in [6.45, 7) is 1.61. The molecule has 0 spiro atoms. The Morgan fingerprint density at radius 2 is 1.80 bits per heavy atom. The maximum absolute atomic E-state index is 12.5. The van der Waals surface area contributed by atoms with Gasteiger partial charge < -0.3 is 11.1 Å². The molecule has 1 heterocycles. The van der Waals surface area contributed by atoms with E-state index in [1.807, 2.05) is 0 Å². The van der Waals surface area contributed by atoms with Crippen LogP contribution in [0.3, 0.4) is 0 Å². The van der Waals surface area contributed by atoms with Crippen molar-refractivity contribution in [1.82, 2.24) is 4.98 Å². The van der Waals surface area contributed by atoms with Crippen molar-refractivity contribution in [1.29, 1.82) is 0 Å². The van der Waals surface area contributed by atoms with E-state index in [0.717, 1.165) is 24.0 Å². The highest BCUT2D eigenvalue weighted by Crippen LogP contribution is 2.30. The molecule has 2 rings (SSSR count). The molecule has 1 atom stereocenters. The smallest absolute Gasteiger partial charge is 0.366 e. The van der Waals surface area contributed by atoms with Crippen LogP contribution in [0.2, 0.25) is 0 Å². The maximum atomic E-state index is 12.5. The molecule has 25 heavy (non-hydrogen) atoms. The molecule has 2 aromatic rings. The third kappa shape index (κ3) is 5.21. The average molecular weight is 369 g/mol. The number of benzene rings is 1. The molecule has 5 nitrogen and oxygen atoms in total. The van der Waals surface area contributed by atoms with E-state index >= 15 is 0 Å². The minimum atomic E-state index is -4.45. The summed E-state index contributed by atoms with van der Waals surface area (Å²) in [5, 5.41) is 2.37. The Morgan fingerprint density at radius 3 is 2.28 bits per heavy atom. The fourth-order valence-electron chi connectivity index (χ4n) is 1.81. The van der Waals surface area contributed by atoms with Gasteiger partial charge in [0.15, 0.2) is 0 Å². The zero-order valence-electron chi connectivity index (χ0n) is 13.0. The normalized spacial score (nSPS) is 12.5. The van der Waals surface area contributed by atoms with Crippen molar-refractivity contribution in [3.8, 4) is 0 Å². The molecule has 0 fully saturated rings. The Morgan fingerprint density at radius 1 is 1.16 bits per heavy atom. The second-order valence-corrected chi connectivity index (χ2v) is 6.43. The van der Waals surface area contributed by atoms with E-state index in [-0.39, 0.29) is 5.91 Å². The number of rotatable bonds is 5. The number of halogens is 3. The zero-order chi connectivity index (χ0) is 18.6. The topological polar surface area (TPSA) is 85.1 Å². The number of pyridine rings is 1. The number of carbonyl (C=O) groups excluding carboxylic acids is 2. The molecule has 0 saturated heterocycles.